The largest absolute Gasteiger partial charge is 0.573 e. The highest BCUT2D eigenvalue weighted by atomic mass is 19.4. The number of alkyl halides is 3. The number of H-pyrrole nitrogens is 1. The molecule has 2 aromatic rings. The first-order valence-corrected chi connectivity index (χ1v) is 10.0. The molecule has 0 bridgehead atoms. The van der Waals surface area contributed by atoms with Crippen molar-refractivity contribution >= 4 is 5.97 Å². The Balaban J connectivity index is 1.43. The number of aromatic nitrogens is 3. The van der Waals surface area contributed by atoms with E-state index in [1.807, 2.05) is 6.07 Å². The third kappa shape index (κ3) is 4.52. The van der Waals surface area contributed by atoms with E-state index in [2.05, 4.69) is 20.1 Å². The minimum atomic E-state index is -4.70. The van der Waals surface area contributed by atoms with Crippen LogP contribution in [0.4, 0.5) is 13.2 Å². The fourth-order valence-corrected chi connectivity index (χ4v) is 4.19. The summed E-state index contributed by atoms with van der Waals surface area (Å²) in [6.07, 6.45) is 0.844. The lowest BCUT2D eigenvalue weighted by Crippen LogP contribution is -2.24. The number of ether oxygens (including phenoxy) is 2. The van der Waals surface area contributed by atoms with E-state index in [0.717, 1.165) is 37.7 Å². The number of nitrogens with one attached hydrogen (secondary N) is 1. The molecule has 1 aromatic heterocycles. The number of halogens is 3. The van der Waals surface area contributed by atoms with Crippen molar-refractivity contribution in [2.45, 2.75) is 69.2 Å². The molecule has 2 aliphatic carbocycles. The number of aromatic amines is 1. The number of hydrogen-bond acceptors (Lipinski definition) is 5. The molecule has 2 N–H and O–H groups in total. The second-order valence-corrected chi connectivity index (χ2v) is 7.86. The van der Waals surface area contributed by atoms with Crippen molar-refractivity contribution < 1.29 is 32.5 Å². The summed E-state index contributed by atoms with van der Waals surface area (Å²) in [6, 6.07) is 5.03. The molecular formula is C20H22F3N3O4. The molecular weight excluding hydrogens is 403 g/mol. The van der Waals surface area contributed by atoms with Crippen molar-refractivity contribution in [3.05, 3.63) is 35.0 Å². The van der Waals surface area contributed by atoms with Crippen molar-refractivity contribution in [2.75, 3.05) is 0 Å². The third-order valence-electron chi connectivity index (χ3n) is 5.96. The van der Waals surface area contributed by atoms with Crippen LogP contribution >= 0.6 is 0 Å². The van der Waals surface area contributed by atoms with Crippen LogP contribution in [0.1, 0.15) is 78.4 Å². The number of carboxylic acid groups (broad SMARTS) is 1. The number of carboxylic acids is 1. The van der Waals surface area contributed by atoms with Crippen molar-refractivity contribution in [3.63, 3.8) is 0 Å². The van der Waals surface area contributed by atoms with Crippen LogP contribution in [0.3, 0.4) is 0 Å². The van der Waals surface area contributed by atoms with Gasteiger partial charge in [-0.3, -0.25) is 0 Å². The Kier molecular flexibility index (Phi) is 5.57. The van der Waals surface area contributed by atoms with Crippen molar-refractivity contribution in [1.29, 1.82) is 0 Å². The van der Waals surface area contributed by atoms with Crippen molar-refractivity contribution in [2.24, 2.45) is 0 Å². The van der Waals surface area contributed by atoms with Crippen LogP contribution in [0, 0.1) is 0 Å². The number of carbonyl (C=O) groups is 1. The average Bonchev–Trinajstić information content (AvgIpc) is 3.10. The molecule has 7 nitrogen and oxygen atoms in total. The van der Waals surface area contributed by atoms with Crippen LogP contribution in [-0.2, 0) is 0 Å². The van der Waals surface area contributed by atoms with E-state index in [9.17, 15) is 18.0 Å². The standard InChI is InChI=1S/C20H22F3N3O4/c21-20(22,23)30-16-9-6-13(10-15(16)12-2-1-3-12)11-4-7-14(8-5-11)29-18-17(19(27)28)24-26-25-18/h6,9-12,14H,1-5,7-8H2,(H,27,28)(H,24,25,26)/t11-,14-. The lowest BCUT2D eigenvalue weighted by molar-refractivity contribution is -0.275. The molecule has 0 unspecified atom stereocenters. The Bertz CT molecular complexity index is 903. The second-order valence-electron chi connectivity index (χ2n) is 7.86. The Labute approximate surface area is 170 Å². The Morgan fingerprint density at radius 3 is 2.43 bits per heavy atom. The number of benzene rings is 1. The third-order valence-corrected chi connectivity index (χ3v) is 5.96. The first kappa shape index (κ1) is 20.5. The Morgan fingerprint density at radius 2 is 1.83 bits per heavy atom. The van der Waals surface area contributed by atoms with Crippen LogP contribution in [0.2, 0.25) is 0 Å². The normalized spacial score (nSPS) is 22.4. The van der Waals surface area contributed by atoms with Gasteiger partial charge in [0.05, 0.1) is 0 Å². The van der Waals surface area contributed by atoms with Gasteiger partial charge in [-0.25, -0.2) is 9.89 Å². The Morgan fingerprint density at radius 1 is 1.10 bits per heavy atom. The maximum atomic E-state index is 12.8. The van der Waals surface area contributed by atoms with Gasteiger partial charge in [-0.2, -0.15) is 0 Å². The van der Waals surface area contributed by atoms with Gasteiger partial charge >= 0.3 is 12.3 Å². The zero-order chi connectivity index (χ0) is 21.3. The van der Waals surface area contributed by atoms with Crippen molar-refractivity contribution in [3.8, 4) is 11.6 Å². The van der Waals surface area contributed by atoms with Crippen LogP contribution in [-0.4, -0.2) is 39.0 Å². The van der Waals surface area contributed by atoms with E-state index in [-0.39, 0.29) is 35.3 Å². The molecule has 162 valence electrons. The zero-order valence-electron chi connectivity index (χ0n) is 16.1. The van der Waals surface area contributed by atoms with Crippen LogP contribution in [0.15, 0.2) is 18.2 Å². The summed E-state index contributed by atoms with van der Waals surface area (Å²) < 4.78 is 48.2. The van der Waals surface area contributed by atoms with Gasteiger partial charge in [-0.15, -0.1) is 13.2 Å². The molecule has 4 rings (SSSR count). The van der Waals surface area contributed by atoms with Gasteiger partial charge in [-0.05, 0) is 67.6 Å². The molecule has 1 aromatic carbocycles. The molecule has 10 heteroatoms. The van der Waals surface area contributed by atoms with Gasteiger partial charge in [-0.1, -0.05) is 28.9 Å². The second kappa shape index (κ2) is 8.16. The number of rotatable bonds is 6. The van der Waals surface area contributed by atoms with E-state index in [0.29, 0.717) is 18.4 Å². The summed E-state index contributed by atoms with van der Waals surface area (Å²) in [5.41, 5.74) is 1.48. The maximum absolute atomic E-state index is 12.8. The molecule has 0 radical (unpaired) electrons. The molecule has 2 fully saturated rings. The number of nitrogens with zero attached hydrogens (tertiary/aromatic N) is 2. The molecule has 0 aliphatic heterocycles. The van der Waals surface area contributed by atoms with E-state index in [1.165, 1.54) is 6.07 Å². The summed E-state index contributed by atoms with van der Waals surface area (Å²) in [5.74, 6) is -0.983. The maximum Gasteiger partial charge on any atom is 0.573 e. The molecule has 1 heterocycles. The fraction of sp³-hybridized carbons (Fsp3) is 0.550. The van der Waals surface area contributed by atoms with Gasteiger partial charge in [0, 0.05) is 0 Å². The molecule has 0 saturated heterocycles. The van der Waals surface area contributed by atoms with E-state index in [4.69, 9.17) is 9.84 Å². The molecule has 0 amide bonds. The number of aromatic carboxylic acids is 1. The first-order chi connectivity index (χ1) is 14.3. The van der Waals surface area contributed by atoms with Crippen molar-refractivity contribution in [1.82, 2.24) is 15.4 Å². The summed E-state index contributed by atoms with van der Waals surface area (Å²) in [5, 5.41) is 18.5. The van der Waals surface area contributed by atoms with Crippen LogP contribution < -0.4 is 9.47 Å². The monoisotopic (exact) mass is 425 g/mol. The fourth-order valence-electron chi connectivity index (χ4n) is 4.19. The minimum Gasteiger partial charge on any atom is -0.476 e. The van der Waals surface area contributed by atoms with E-state index in [1.54, 1.807) is 6.07 Å². The van der Waals surface area contributed by atoms with E-state index >= 15 is 0 Å². The van der Waals surface area contributed by atoms with Crippen LogP contribution in [0.5, 0.6) is 11.6 Å². The lowest BCUT2D eigenvalue weighted by Gasteiger charge is -2.31. The highest BCUT2D eigenvalue weighted by molar-refractivity contribution is 5.87. The highest BCUT2D eigenvalue weighted by Crippen LogP contribution is 2.44. The zero-order valence-corrected chi connectivity index (χ0v) is 16.1. The van der Waals surface area contributed by atoms with Crippen LogP contribution in [0.25, 0.3) is 0 Å². The minimum absolute atomic E-state index is 0.0214. The smallest absolute Gasteiger partial charge is 0.476 e. The SMILES string of the molecule is O=C(O)c1[nH]nnc1O[C@H]1CC[C@H](c2ccc(OC(F)(F)F)c(C3CCC3)c2)CC1. The van der Waals surface area contributed by atoms with Gasteiger partial charge in [0.15, 0.2) is 0 Å². The summed E-state index contributed by atoms with van der Waals surface area (Å²) in [4.78, 5) is 11.1. The predicted octanol–water partition coefficient (Wildman–Crippen LogP) is 4.77. The van der Waals surface area contributed by atoms with Gasteiger partial charge in [0.1, 0.15) is 11.9 Å². The van der Waals surface area contributed by atoms with Gasteiger partial charge in [0.25, 0.3) is 5.88 Å². The van der Waals surface area contributed by atoms with Gasteiger partial charge < -0.3 is 14.6 Å². The molecule has 0 spiro atoms. The lowest BCUT2D eigenvalue weighted by atomic mass is 9.77. The van der Waals surface area contributed by atoms with Gasteiger partial charge in [0.2, 0.25) is 5.69 Å². The molecule has 30 heavy (non-hydrogen) atoms. The molecule has 0 atom stereocenters. The van der Waals surface area contributed by atoms with E-state index < -0.39 is 12.3 Å². The predicted molar refractivity (Wildman–Crippen MR) is 98.7 cm³/mol. The first-order valence-electron chi connectivity index (χ1n) is 10.0. The average molecular weight is 425 g/mol. The summed E-state index contributed by atoms with van der Waals surface area (Å²) in [6.45, 7) is 0. The topological polar surface area (TPSA) is 97.3 Å². The summed E-state index contributed by atoms with van der Waals surface area (Å²) in [7, 11) is 0. The highest BCUT2D eigenvalue weighted by Gasteiger charge is 2.35. The summed E-state index contributed by atoms with van der Waals surface area (Å²) >= 11 is 0. The molecule has 2 saturated carbocycles. The molecule has 2 aliphatic rings. The quantitative estimate of drug-likeness (QED) is 0.692. The Hall–Kier alpha value is -2.78. The number of hydrogen-bond donors (Lipinski definition) is 2.